The highest BCUT2D eigenvalue weighted by atomic mass is 32.2. The minimum Gasteiger partial charge on any atom is -0.385 e. The van der Waals surface area contributed by atoms with Crippen molar-refractivity contribution in [3.63, 3.8) is 0 Å². The van der Waals surface area contributed by atoms with E-state index in [1.165, 1.54) is 23.9 Å². The molecule has 0 radical (unpaired) electrons. The minimum absolute atomic E-state index is 0.0233. The van der Waals surface area contributed by atoms with Crippen molar-refractivity contribution in [2.24, 2.45) is 0 Å². The number of amides is 1. The monoisotopic (exact) mass is 406 g/mol. The van der Waals surface area contributed by atoms with E-state index in [0.29, 0.717) is 18.9 Å². The number of ether oxygens (including phenoxy) is 1. The van der Waals surface area contributed by atoms with Gasteiger partial charge < -0.3 is 14.6 Å². The number of benzene rings is 1. The average molecular weight is 407 g/mol. The molecule has 1 aromatic carbocycles. The zero-order valence-electron chi connectivity index (χ0n) is 16.2. The van der Waals surface area contributed by atoms with Crippen LogP contribution in [0.25, 0.3) is 0 Å². The molecule has 0 bridgehead atoms. The summed E-state index contributed by atoms with van der Waals surface area (Å²) in [6.07, 6.45) is 6.84. The van der Waals surface area contributed by atoms with Crippen molar-refractivity contribution in [2.75, 3.05) is 26.0 Å². The molecule has 1 fully saturated rings. The molecule has 1 saturated carbocycles. The van der Waals surface area contributed by atoms with Crippen LogP contribution in [0.5, 0.6) is 0 Å². The Kier molecular flexibility index (Phi) is 7.44. The van der Waals surface area contributed by atoms with Gasteiger partial charge in [-0.25, -0.2) is 4.39 Å². The van der Waals surface area contributed by atoms with Crippen molar-refractivity contribution in [3.8, 4) is 0 Å². The van der Waals surface area contributed by atoms with Gasteiger partial charge in [0.15, 0.2) is 5.16 Å². The van der Waals surface area contributed by atoms with Gasteiger partial charge >= 0.3 is 0 Å². The smallest absolute Gasteiger partial charge is 0.230 e. The van der Waals surface area contributed by atoms with E-state index in [2.05, 4.69) is 15.5 Å². The fraction of sp³-hybridized carbons (Fsp3) is 0.550. The molecule has 1 aliphatic carbocycles. The predicted molar refractivity (Wildman–Crippen MR) is 107 cm³/mol. The van der Waals surface area contributed by atoms with Crippen LogP contribution >= 0.6 is 11.8 Å². The highest BCUT2D eigenvalue weighted by Crippen LogP contribution is 2.40. The highest BCUT2D eigenvalue weighted by molar-refractivity contribution is 7.99. The number of hydrogen-bond acceptors (Lipinski definition) is 5. The topological polar surface area (TPSA) is 69.0 Å². The molecule has 0 aliphatic heterocycles. The number of nitrogens with zero attached hydrogens (tertiary/aromatic N) is 3. The van der Waals surface area contributed by atoms with Gasteiger partial charge in [-0.1, -0.05) is 36.7 Å². The Morgan fingerprint density at radius 2 is 2.07 bits per heavy atom. The van der Waals surface area contributed by atoms with E-state index in [-0.39, 0.29) is 17.1 Å². The maximum Gasteiger partial charge on any atom is 0.230 e. The van der Waals surface area contributed by atoms with E-state index in [9.17, 15) is 9.18 Å². The lowest BCUT2D eigenvalue weighted by Crippen LogP contribution is -2.39. The van der Waals surface area contributed by atoms with E-state index >= 15 is 0 Å². The van der Waals surface area contributed by atoms with E-state index < -0.39 is 0 Å². The fourth-order valence-electron chi connectivity index (χ4n) is 3.76. The van der Waals surface area contributed by atoms with Crippen molar-refractivity contribution < 1.29 is 13.9 Å². The maximum absolute atomic E-state index is 13.3. The minimum atomic E-state index is -0.230. The summed E-state index contributed by atoms with van der Waals surface area (Å²) in [5.74, 6) is 0.0411. The number of hydrogen-bond donors (Lipinski definition) is 1. The van der Waals surface area contributed by atoms with Crippen LogP contribution in [0.3, 0.4) is 0 Å². The van der Waals surface area contributed by atoms with Crippen molar-refractivity contribution >= 4 is 17.7 Å². The van der Waals surface area contributed by atoms with Crippen LogP contribution in [-0.2, 0) is 21.5 Å². The third-order valence-corrected chi connectivity index (χ3v) is 6.28. The van der Waals surface area contributed by atoms with Crippen LogP contribution in [-0.4, -0.2) is 46.7 Å². The van der Waals surface area contributed by atoms with Crippen LogP contribution in [0.2, 0.25) is 0 Å². The standard InChI is InChI=1S/C20H27FN4O2S/c1-27-12-4-11-25-15-23-24-19(25)28-13-18(26)22-14-20(9-2-3-10-20)16-5-7-17(21)8-6-16/h5-8,15H,2-4,9-14H2,1H3,(H,22,26). The van der Waals surface area contributed by atoms with Gasteiger partial charge in [-0.2, -0.15) is 0 Å². The predicted octanol–water partition coefficient (Wildman–Crippen LogP) is 3.17. The van der Waals surface area contributed by atoms with Gasteiger partial charge in [-0.05, 0) is 37.0 Å². The summed E-state index contributed by atoms with van der Waals surface area (Å²) < 4.78 is 20.3. The summed E-state index contributed by atoms with van der Waals surface area (Å²) in [4.78, 5) is 12.4. The number of halogens is 1. The zero-order valence-corrected chi connectivity index (χ0v) is 17.0. The summed E-state index contributed by atoms with van der Waals surface area (Å²) >= 11 is 1.39. The molecule has 0 saturated heterocycles. The van der Waals surface area contributed by atoms with Crippen LogP contribution in [0, 0.1) is 5.82 Å². The molecule has 1 aliphatic rings. The molecule has 1 N–H and O–H groups in total. The van der Waals surface area contributed by atoms with Gasteiger partial charge in [0.2, 0.25) is 5.91 Å². The van der Waals surface area contributed by atoms with Crippen molar-refractivity contribution in [2.45, 2.75) is 49.2 Å². The maximum atomic E-state index is 13.3. The molecular formula is C20H27FN4O2S. The number of carbonyl (C=O) groups excluding carboxylic acids is 1. The van der Waals surface area contributed by atoms with Gasteiger partial charge in [-0.15, -0.1) is 10.2 Å². The quantitative estimate of drug-likeness (QED) is 0.485. The number of aryl methyl sites for hydroxylation is 1. The third-order valence-electron chi connectivity index (χ3n) is 5.30. The zero-order chi connectivity index (χ0) is 19.8. The molecule has 1 amide bonds. The normalized spacial score (nSPS) is 15.6. The Labute approximate surface area is 169 Å². The molecular weight excluding hydrogens is 379 g/mol. The van der Waals surface area contributed by atoms with Crippen molar-refractivity contribution in [1.29, 1.82) is 0 Å². The summed E-state index contributed by atoms with van der Waals surface area (Å²) in [5.41, 5.74) is 1.02. The molecule has 0 atom stereocenters. The molecule has 3 rings (SSSR count). The molecule has 0 unspecified atom stereocenters. The van der Waals surface area contributed by atoms with Gasteiger partial charge in [0.05, 0.1) is 5.75 Å². The fourth-order valence-corrected chi connectivity index (χ4v) is 4.53. The van der Waals surface area contributed by atoms with Crippen molar-refractivity contribution in [1.82, 2.24) is 20.1 Å². The number of methoxy groups -OCH3 is 1. The Morgan fingerprint density at radius 1 is 1.32 bits per heavy atom. The molecule has 0 spiro atoms. The Bertz CT molecular complexity index is 760. The largest absolute Gasteiger partial charge is 0.385 e. The summed E-state index contributed by atoms with van der Waals surface area (Å²) in [6.45, 7) is 2.02. The van der Waals surface area contributed by atoms with Crippen LogP contribution in [0.4, 0.5) is 4.39 Å². The molecule has 2 aromatic rings. The Morgan fingerprint density at radius 3 is 2.79 bits per heavy atom. The molecule has 1 heterocycles. The SMILES string of the molecule is COCCCn1cnnc1SCC(=O)NCC1(c2ccc(F)cc2)CCCC1. The van der Waals surface area contributed by atoms with Crippen molar-refractivity contribution in [3.05, 3.63) is 42.0 Å². The molecule has 1 aromatic heterocycles. The average Bonchev–Trinajstić information content (AvgIpc) is 3.36. The Hall–Kier alpha value is -1.93. The lowest BCUT2D eigenvalue weighted by atomic mass is 9.79. The summed E-state index contributed by atoms with van der Waals surface area (Å²) in [6, 6.07) is 6.71. The van der Waals surface area contributed by atoms with Gasteiger partial charge in [0.25, 0.3) is 0 Å². The first-order valence-electron chi connectivity index (χ1n) is 9.65. The van der Waals surface area contributed by atoms with E-state index in [0.717, 1.165) is 49.4 Å². The van der Waals surface area contributed by atoms with E-state index in [1.807, 2.05) is 16.7 Å². The number of aromatic nitrogens is 3. The number of nitrogens with one attached hydrogen (secondary N) is 1. The van der Waals surface area contributed by atoms with Gasteiger partial charge in [0.1, 0.15) is 12.1 Å². The summed E-state index contributed by atoms with van der Waals surface area (Å²) in [7, 11) is 1.68. The highest BCUT2D eigenvalue weighted by Gasteiger charge is 2.35. The first-order valence-corrected chi connectivity index (χ1v) is 10.6. The molecule has 152 valence electrons. The van der Waals surface area contributed by atoms with Crippen LogP contribution < -0.4 is 5.32 Å². The van der Waals surface area contributed by atoms with Gasteiger partial charge in [-0.3, -0.25) is 4.79 Å². The van der Waals surface area contributed by atoms with Crippen LogP contribution in [0.15, 0.2) is 35.7 Å². The molecule has 28 heavy (non-hydrogen) atoms. The lowest BCUT2D eigenvalue weighted by molar-refractivity contribution is -0.118. The number of rotatable bonds is 10. The summed E-state index contributed by atoms with van der Waals surface area (Å²) in [5, 5.41) is 11.8. The lowest BCUT2D eigenvalue weighted by Gasteiger charge is -2.30. The Balaban J connectivity index is 1.52. The molecule has 6 nitrogen and oxygen atoms in total. The second-order valence-electron chi connectivity index (χ2n) is 7.21. The van der Waals surface area contributed by atoms with Gasteiger partial charge in [0, 0.05) is 32.2 Å². The third kappa shape index (κ3) is 5.32. The number of thioether (sulfide) groups is 1. The van der Waals surface area contributed by atoms with Crippen LogP contribution in [0.1, 0.15) is 37.7 Å². The van der Waals surface area contributed by atoms with E-state index in [1.54, 1.807) is 13.4 Å². The second kappa shape index (κ2) is 10.0. The first kappa shape index (κ1) is 20.8. The first-order chi connectivity index (χ1) is 13.6. The number of carbonyl (C=O) groups is 1. The van der Waals surface area contributed by atoms with E-state index in [4.69, 9.17) is 4.74 Å². The second-order valence-corrected chi connectivity index (χ2v) is 8.16. The molecule has 8 heteroatoms.